The molecule has 21 heavy (non-hydrogen) atoms. The molecule has 0 aliphatic rings. The van der Waals surface area contributed by atoms with Crippen molar-refractivity contribution in [2.75, 3.05) is 40.0 Å². The van der Waals surface area contributed by atoms with E-state index in [9.17, 15) is 9.59 Å². The number of rotatable bonds is 9. The third-order valence-corrected chi connectivity index (χ3v) is 2.54. The van der Waals surface area contributed by atoms with Crippen LogP contribution in [0, 0.1) is 0 Å². The maximum absolute atomic E-state index is 11.7. The first-order valence-corrected chi connectivity index (χ1v) is 6.54. The SMILES string of the molecule is COCCOCCNC(=O)CNC(=O)c1ccc(O)cc1. The Balaban J connectivity index is 2.15. The molecule has 0 unspecified atom stereocenters. The van der Waals surface area contributed by atoms with Crippen LogP contribution in [-0.4, -0.2) is 56.9 Å². The molecule has 0 atom stereocenters. The first kappa shape index (κ1) is 16.9. The number of benzene rings is 1. The lowest BCUT2D eigenvalue weighted by Crippen LogP contribution is -2.38. The van der Waals surface area contributed by atoms with Gasteiger partial charge in [0, 0.05) is 19.2 Å². The Bertz CT molecular complexity index is 447. The van der Waals surface area contributed by atoms with E-state index in [0.717, 1.165) is 0 Å². The van der Waals surface area contributed by atoms with Gasteiger partial charge in [-0.3, -0.25) is 9.59 Å². The van der Waals surface area contributed by atoms with Crippen molar-refractivity contribution in [2.24, 2.45) is 0 Å². The highest BCUT2D eigenvalue weighted by Gasteiger charge is 2.07. The van der Waals surface area contributed by atoms with Crippen LogP contribution in [0.15, 0.2) is 24.3 Å². The van der Waals surface area contributed by atoms with Gasteiger partial charge in [-0.1, -0.05) is 0 Å². The van der Waals surface area contributed by atoms with Crippen molar-refractivity contribution in [3.63, 3.8) is 0 Å². The fourth-order valence-corrected chi connectivity index (χ4v) is 1.44. The lowest BCUT2D eigenvalue weighted by atomic mass is 10.2. The number of amides is 2. The van der Waals surface area contributed by atoms with E-state index in [-0.39, 0.29) is 24.1 Å². The highest BCUT2D eigenvalue weighted by molar-refractivity contribution is 5.96. The smallest absolute Gasteiger partial charge is 0.251 e. The second kappa shape index (κ2) is 9.73. The van der Waals surface area contributed by atoms with Crippen molar-refractivity contribution in [3.8, 4) is 5.75 Å². The molecule has 1 aromatic carbocycles. The van der Waals surface area contributed by atoms with Crippen LogP contribution in [0.2, 0.25) is 0 Å². The molecule has 1 rings (SSSR count). The van der Waals surface area contributed by atoms with Gasteiger partial charge in [-0.25, -0.2) is 0 Å². The summed E-state index contributed by atoms with van der Waals surface area (Å²) in [5.41, 5.74) is 0.378. The maximum atomic E-state index is 11.7. The molecule has 0 aliphatic heterocycles. The van der Waals surface area contributed by atoms with E-state index in [1.807, 2.05) is 0 Å². The van der Waals surface area contributed by atoms with E-state index in [1.54, 1.807) is 7.11 Å². The molecule has 0 bridgehead atoms. The Morgan fingerprint density at radius 2 is 1.81 bits per heavy atom. The summed E-state index contributed by atoms with van der Waals surface area (Å²) in [6.45, 7) is 1.64. The summed E-state index contributed by atoms with van der Waals surface area (Å²) >= 11 is 0. The number of nitrogens with one attached hydrogen (secondary N) is 2. The van der Waals surface area contributed by atoms with E-state index in [4.69, 9.17) is 14.6 Å². The molecule has 7 heteroatoms. The van der Waals surface area contributed by atoms with E-state index in [2.05, 4.69) is 10.6 Å². The Hall–Kier alpha value is -2.12. The molecule has 0 aromatic heterocycles. The fourth-order valence-electron chi connectivity index (χ4n) is 1.44. The van der Waals surface area contributed by atoms with Gasteiger partial charge in [-0.2, -0.15) is 0 Å². The molecule has 0 fully saturated rings. The highest BCUT2D eigenvalue weighted by atomic mass is 16.5. The van der Waals surface area contributed by atoms with Gasteiger partial charge in [0.2, 0.25) is 5.91 Å². The quantitative estimate of drug-likeness (QED) is 0.553. The van der Waals surface area contributed by atoms with Crippen molar-refractivity contribution in [1.82, 2.24) is 10.6 Å². The minimum atomic E-state index is -0.374. The Labute approximate surface area is 123 Å². The highest BCUT2D eigenvalue weighted by Crippen LogP contribution is 2.09. The molecule has 1 aromatic rings. The van der Waals surface area contributed by atoms with Crippen molar-refractivity contribution in [2.45, 2.75) is 0 Å². The number of ether oxygens (including phenoxy) is 2. The molecule has 0 saturated carbocycles. The molecule has 0 spiro atoms. The van der Waals surface area contributed by atoms with E-state index >= 15 is 0 Å². The van der Waals surface area contributed by atoms with Gasteiger partial charge >= 0.3 is 0 Å². The number of phenolic OH excluding ortho intramolecular Hbond substituents is 1. The minimum absolute atomic E-state index is 0.0813. The van der Waals surface area contributed by atoms with Gasteiger partial charge in [-0.05, 0) is 24.3 Å². The van der Waals surface area contributed by atoms with Crippen molar-refractivity contribution < 1.29 is 24.2 Å². The first-order valence-electron chi connectivity index (χ1n) is 6.54. The molecule has 2 amide bonds. The number of aromatic hydroxyl groups is 1. The lowest BCUT2D eigenvalue weighted by molar-refractivity contribution is -0.120. The lowest BCUT2D eigenvalue weighted by Gasteiger charge is -2.07. The normalized spacial score (nSPS) is 10.1. The van der Waals surface area contributed by atoms with Crippen LogP contribution >= 0.6 is 0 Å². The molecule has 116 valence electrons. The zero-order valence-corrected chi connectivity index (χ0v) is 11.9. The van der Waals surface area contributed by atoms with Crippen LogP contribution < -0.4 is 10.6 Å². The van der Waals surface area contributed by atoms with Crippen molar-refractivity contribution >= 4 is 11.8 Å². The molecule has 0 saturated heterocycles. The number of carbonyl (C=O) groups excluding carboxylic acids is 2. The Morgan fingerprint density at radius 3 is 2.48 bits per heavy atom. The van der Waals surface area contributed by atoms with Crippen LogP contribution in [0.1, 0.15) is 10.4 Å². The number of carbonyl (C=O) groups is 2. The third-order valence-electron chi connectivity index (χ3n) is 2.54. The van der Waals surface area contributed by atoms with Crippen LogP contribution in [0.5, 0.6) is 5.75 Å². The second-order valence-electron chi connectivity index (χ2n) is 4.18. The minimum Gasteiger partial charge on any atom is -0.508 e. The van der Waals surface area contributed by atoms with Crippen LogP contribution in [0.4, 0.5) is 0 Å². The van der Waals surface area contributed by atoms with Gasteiger partial charge in [0.05, 0.1) is 26.4 Å². The van der Waals surface area contributed by atoms with Crippen LogP contribution in [-0.2, 0) is 14.3 Å². The summed E-state index contributed by atoms with van der Waals surface area (Å²) in [5, 5.41) is 14.2. The topological polar surface area (TPSA) is 96.9 Å². The standard InChI is InChI=1S/C14H20N2O5/c1-20-8-9-21-7-6-15-13(18)10-16-14(19)11-2-4-12(17)5-3-11/h2-5,17H,6-10H2,1H3,(H,15,18)(H,16,19). The zero-order chi connectivity index (χ0) is 15.5. The Morgan fingerprint density at radius 1 is 1.10 bits per heavy atom. The van der Waals surface area contributed by atoms with Gasteiger partial charge < -0.3 is 25.2 Å². The van der Waals surface area contributed by atoms with E-state index in [0.29, 0.717) is 31.9 Å². The number of hydrogen-bond donors (Lipinski definition) is 3. The summed E-state index contributed by atoms with van der Waals surface area (Å²) in [7, 11) is 1.59. The number of hydrogen-bond acceptors (Lipinski definition) is 5. The molecular weight excluding hydrogens is 276 g/mol. The summed E-state index contributed by atoms with van der Waals surface area (Å²) in [6, 6.07) is 5.77. The first-order chi connectivity index (χ1) is 10.1. The molecular formula is C14H20N2O5. The zero-order valence-electron chi connectivity index (χ0n) is 11.9. The average molecular weight is 296 g/mol. The summed E-state index contributed by atoms with van der Waals surface area (Å²) < 4.78 is 9.99. The summed E-state index contributed by atoms with van der Waals surface area (Å²) in [5.74, 6) is -0.586. The largest absolute Gasteiger partial charge is 0.508 e. The van der Waals surface area contributed by atoms with Gasteiger partial charge in [0.15, 0.2) is 0 Å². The van der Waals surface area contributed by atoms with Gasteiger partial charge in [0.1, 0.15) is 5.75 Å². The third kappa shape index (κ3) is 7.28. The van der Waals surface area contributed by atoms with Gasteiger partial charge in [0.25, 0.3) is 5.91 Å². The Kier molecular flexibility index (Phi) is 7.85. The fraction of sp³-hybridized carbons (Fsp3) is 0.429. The predicted molar refractivity (Wildman–Crippen MR) is 76.1 cm³/mol. The monoisotopic (exact) mass is 296 g/mol. The van der Waals surface area contributed by atoms with Gasteiger partial charge in [-0.15, -0.1) is 0 Å². The number of methoxy groups -OCH3 is 1. The average Bonchev–Trinajstić information content (AvgIpc) is 2.49. The van der Waals surface area contributed by atoms with E-state index in [1.165, 1.54) is 24.3 Å². The summed E-state index contributed by atoms with van der Waals surface area (Å²) in [6.07, 6.45) is 0. The molecule has 0 heterocycles. The number of phenols is 1. The predicted octanol–water partition coefficient (Wildman–Crippen LogP) is -0.0988. The van der Waals surface area contributed by atoms with E-state index < -0.39 is 0 Å². The van der Waals surface area contributed by atoms with Crippen molar-refractivity contribution in [1.29, 1.82) is 0 Å². The summed E-state index contributed by atoms with van der Waals surface area (Å²) in [4.78, 5) is 23.2. The van der Waals surface area contributed by atoms with Crippen LogP contribution in [0.3, 0.4) is 0 Å². The molecule has 7 nitrogen and oxygen atoms in total. The molecule has 0 radical (unpaired) electrons. The molecule has 3 N–H and O–H groups in total. The van der Waals surface area contributed by atoms with Crippen molar-refractivity contribution in [3.05, 3.63) is 29.8 Å². The maximum Gasteiger partial charge on any atom is 0.251 e. The van der Waals surface area contributed by atoms with Crippen LogP contribution in [0.25, 0.3) is 0 Å². The molecule has 0 aliphatic carbocycles. The second-order valence-corrected chi connectivity index (χ2v) is 4.18.